The summed E-state index contributed by atoms with van der Waals surface area (Å²) in [7, 11) is 0. The van der Waals surface area contributed by atoms with E-state index in [0.717, 1.165) is 50.4 Å². The molecule has 3 N–H and O–H groups in total. The van der Waals surface area contributed by atoms with Gasteiger partial charge in [-0.3, -0.25) is 9.79 Å². The lowest BCUT2D eigenvalue weighted by Crippen LogP contribution is -2.41. The molecule has 0 bridgehead atoms. The second kappa shape index (κ2) is 11.6. The Hall–Kier alpha value is -0.900. The summed E-state index contributed by atoms with van der Waals surface area (Å²) >= 11 is 1.71. The lowest BCUT2D eigenvalue weighted by Gasteiger charge is -2.11. The Balaban J connectivity index is 0.00000288. The summed E-state index contributed by atoms with van der Waals surface area (Å²) in [6, 6.07) is 0. The molecule has 0 aromatic carbocycles. The molecule has 0 unspecified atom stereocenters. The molecular weight excluding hydrogens is 437 g/mol. The highest BCUT2D eigenvalue weighted by Gasteiger charge is 2.28. The number of hydrogen-bond donors (Lipinski definition) is 3. The molecule has 0 atom stereocenters. The van der Waals surface area contributed by atoms with Crippen molar-refractivity contribution in [2.24, 2.45) is 10.9 Å². The van der Waals surface area contributed by atoms with E-state index in [1.807, 2.05) is 13.8 Å². The van der Waals surface area contributed by atoms with Gasteiger partial charge in [-0.25, -0.2) is 4.98 Å². The third-order valence-electron chi connectivity index (χ3n) is 3.49. The number of aromatic nitrogens is 1. The molecule has 1 heterocycles. The van der Waals surface area contributed by atoms with E-state index in [4.69, 9.17) is 0 Å². The van der Waals surface area contributed by atoms with Gasteiger partial charge in [0.2, 0.25) is 5.91 Å². The van der Waals surface area contributed by atoms with Crippen LogP contribution in [-0.2, 0) is 11.2 Å². The molecule has 0 radical (unpaired) electrons. The largest absolute Gasteiger partial charge is 0.357 e. The molecule has 0 spiro atoms. The van der Waals surface area contributed by atoms with E-state index >= 15 is 0 Å². The summed E-state index contributed by atoms with van der Waals surface area (Å²) in [5.74, 6) is 1.27. The Morgan fingerprint density at radius 2 is 2.08 bits per heavy atom. The van der Waals surface area contributed by atoms with Crippen LogP contribution in [0.2, 0.25) is 0 Å². The van der Waals surface area contributed by atoms with Crippen LogP contribution in [0.15, 0.2) is 10.4 Å². The number of aliphatic imine (C=N–C) groups is 1. The van der Waals surface area contributed by atoms with Crippen LogP contribution in [0, 0.1) is 12.8 Å². The average Bonchev–Trinajstić information content (AvgIpc) is 3.30. The molecule has 1 aromatic heterocycles. The van der Waals surface area contributed by atoms with Crippen LogP contribution < -0.4 is 16.0 Å². The van der Waals surface area contributed by atoms with E-state index in [0.29, 0.717) is 13.1 Å². The number of aryl methyl sites for hydroxylation is 2. The first-order valence-electron chi connectivity index (χ1n) is 8.40. The number of nitrogens with zero attached hydrogens (tertiary/aromatic N) is 2. The summed E-state index contributed by atoms with van der Waals surface area (Å²) < 4.78 is 0. The molecule has 0 saturated heterocycles. The summed E-state index contributed by atoms with van der Waals surface area (Å²) in [5.41, 5.74) is 1.09. The topological polar surface area (TPSA) is 78.4 Å². The molecule has 24 heavy (non-hydrogen) atoms. The fourth-order valence-electron chi connectivity index (χ4n) is 2.14. The molecule has 8 heteroatoms. The summed E-state index contributed by atoms with van der Waals surface area (Å²) in [6.07, 6.45) is 4.05. The Morgan fingerprint density at radius 1 is 1.33 bits per heavy atom. The molecule has 1 fully saturated rings. The van der Waals surface area contributed by atoms with Crippen LogP contribution in [0.1, 0.15) is 36.9 Å². The van der Waals surface area contributed by atoms with Gasteiger partial charge in [-0.15, -0.1) is 35.3 Å². The normalized spacial score (nSPS) is 14.0. The van der Waals surface area contributed by atoms with Crippen LogP contribution in [0.4, 0.5) is 0 Å². The molecule has 1 saturated carbocycles. The van der Waals surface area contributed by atoms with Crippen LogP contribution in [-0.4, -0.2) is 43.0 Å². The lowest BCUT2D eigenvalue weighted by molar-refractivity contribution is -0.122. The van der Waals surface area contributed by atoms with Crippen molar-refractivity contribution < 1.29 is 4.79 Å². The SMILES string of the molecule is CCNC(=NCCCc1nc(C)cs1)NCCNC(=O)C1CC1.I. The van der Waals surface area contributed by atoms with E-state index in [2.05, 4.69) is 31.3 Å². The number of halogens is 1. The summed E-state index contributed by atoms with van der Waals surface area (Å²) in [4.78, 5) is 20.6. The first-order valence-corrected chi connectivity index (χ1v) is 9.28. The number of nitrogens with one attached hydrogen (secondary N) is 3. The second-order valence-electron chi connectivity index (χ2n) is 5.74. The van der Waals surface area contributed by atoms with Gasteiger partial charge < -0.3 is 16.0 Å². The molecule has 2 rings (SSSR count). The minimum atomic E-state index is 0. The van der Waals surface area contributed by atoms with Crippen molar-refractivity contribution in [3.05, 3.63) is 16.1 Å². The van der Waals surface area contributed by atoms with E-state index in [-0.39, 0.29) is 35.8 Å². The number of carbonyl (C=O) groups excluding carboxylic acids is 1. The summed E-state index contributed by atoms with van der Waals surface area (Å²) in [6.45, 7) is 6.99. The fraction of sp³-hybridized carbons (Fsp3) is 0.688. The van der Waals surface area contributed by atoms with Crippen LogP contribution in [0.25, 0.3) is 0 Å². The third-order valence-corrected chi connectivity index (χ3v) is 4.52. The highest BCUT2D eigenvalue weighted by molar-refractivity contribution is 14.0. The number of amides is 1. The number of hydrogen-bond acceptors (Lipinski definition) is 4. The zero-order valence-electron chi connectivity index (χ0n) is 14.4. The van der Waals surface area contributed by atoms with Crippen molar-refractivity contribution in [3.63, 3.8) is 0 Å². The fourth-order valence-corrected chi connectivity index (χ4v) is 2.96. The third kappa shape index (κ3) is 8.27. The molecule has 6 nitrogen and oxygen atoms in total. The molecule has 136 valence electrons. The van der Waals surface area contributed by atoms with Crippen LogP contribution in [0.5, 0.6) is 0 Å². The average molecular weight is 465 g/mol. The zero-order chi connectivity index (χ0) is 16.5. The van der Waals surface area contributed by atoms with Crippen molar-refractivity contribution in [2.75, 3.05) is 26.2 Å². The predicted octanol–water partition coefficient (Wildman–Crippen LogP) is 2.08. The van der Waals surface area contributed by atoms with Crippen molar-refractivity contribution in [1.29, 1.82) is 0 Å². The van der Waals surface area contributed by atoms with Gasteiger partial charge in [0.05, 0.1) is 5.01 Å². The van der Waals surface area contributed by atoms with Crippen molar-refractivity contribution in [3.8, 4) is 0 Å². The quantitative estimate of drug-likeness (QED) is 0.226. The van der Waals surface area contributed by atoms with Crippen molar-refractivity contribution in [1.82, 2.24) is 20.9 Å². The van der Waals surface area contributed by atoms with Crippen molar-refractivity contribution in [2.45, 2.75) is 39.5 Å². The molecular formula is C16H28IN5OS. The van der Waals surface area contributed by atoms with Gasteiger partial charge in [-0.1, -0.05) is 0 Å². The maximum atomic E-state index is 11.5. The second-order valence-corrected chi connectivity index (χ2v) is 6.68. The minimum absolute atomic E-state index is 0. The molecule has 1 aliphatic carbocycles. The Bertz CT molecular complexity index is 530. The lowest BCUT2D eigenvalue weighted by atomic mass is 10.3. The Morgan fingerprint density at radius 3 is 2.71 bits per heavy atom. The Kier molecular flexibility index (Phi) is 10.2. The molecule has 1 aromatic rings. The van der Waals surface area contributed by atoms with Crippen molar-refractivity contribution >= 4 is 47.2 Å². The van der Waals surface area contributed by atoms with E-state index < -0.39 is 0 Å². The number of rotatable bonds is 9. The highest BCUT2D eigenvalue weighted by atomic mass is 127. The molecule has 0 aliphatic heterocycles. The van der Waals surface area contributed by atoms with Gasteiger partial charge in [0.1, 0.15) is 0 Å². The minimum Gasteiger partial charge on any atom is -0.357 e. The van der Waals surface area contributed by atoms with Crippen LogP contribution >= 0.6 is 35.3 Å². The Labute approximate surface area is 165 Å². The van der Waals surface area contributed by atoms with Gasteiger partial charge in [0, 0.05) is 49.6 Å². The van der Waals surface area contributed by atoms with Gasteiger partial charge >= 0.3 is 0 Å². The van der Waals surface area contributed by atoms with E-state index in [1.165, 1.54) is 5.01 Å². The highest BCUT2D eigenvalue weighted by Crippen LogP contribution is 2.28. The molecule has 1 aliphatic rings. The monoisotopic (exact) mass is 465 g/mol. The standard InChI is InChI=1S/C16H27N5OS.HI/c1-3-17-16(20-10-9-18-15(22)13-6-7-13)19-8-4-5-14-21-12(2)11-23-14;/h11,13H,3-10H2,1-2H3,(H,18,22)(H2,17,19,20);1H. The summed E-state index contributed by atoms with van der Waals surface area (Å²) in [5, 5.41) is 12.7. The van der Waals surface area contributed by atoms with Gasteiger partial charge in [0.25, 0.3) is 0 Å². The van der Waals surface area contributed by atoms with Gasteiger partial charge in [0.15, 0.2) is 5.96 Å². The van der Waals surface area contributed by atoms with Gasteiger partial charge in [-0.05, 0) is 33.1 Å². The van der Waals surface area contributed by atoms with Crippen LogP contribution in [0.3, 0.4) is 0 Å². The van der Waals surface area contributed by atoms with Gasteiger partial charge in [-0.2, -0.15) is 0 Å². The first kappa shape index (κ1) is 21.1. The maximum Gasteiger partial charge on any atom is 0.223 e. The number of thiazole rings is 1. The smallest absolute Gasteiger partial charge is 0.223 e. The first-order chi connectivity index (χ1) is 11.2. The predicted molar refractivity (Wildman–Crippen MR) is 110 cm³/mol. The number of carbonyl (C=O) groups is 1. The van der Waals surface area contributed by atoms with E-state index in [9.17, 15) is 4.79 Å². The number of guanidine groups is 1. The molecule has 1 amide bonds. The van der Waals surface area contributed by atoms with E-state index in [1.54, 1.807) is 11.3 Å². The zero-order valence-corrected chi connectivity index (χ0v) is 17.6. The maximum absolute atomic E-state index is 11.5.